The average Bonchev–Trinajstić information content (AvgIpc) is 2.88. The van der Waals surface area contributed by atoms with Crippen molar-refractivity contribution < 1.29 is 8.42 Å². The monoisotopic (exact) mass is 269 g/mol. The van der Waals surface area contributed by atoms with E-state index < -0.39 is 10.0 Å². The number of aryl methyl sites for hydroxylation is 2. The summed E-state index contributed by atoms with van der Waals surface area (Å²) in [7, 11) is -1.95. The first-order valence-corrected chi connectivity index (χ1v) is 7.05. The zero-order valence-corrected chi connectivity index (χ0v) is 11.0. The predicted octanol–water partition coefficient (Wildman–Crippen LogP) is 0.896. The van der Waals surface area contributed by atoms with Crippen molar-refractivity contribution in [1.29, 1.82) is 0 Å². The van der Waals surface area contributed by atoms with Gasteiger partial charge in [-0.3, -0.25) is 14.5 Å². The van der Waals surface area contributed by atoms with Gasteiger partial charge in [0.1, 0.15) is 4.90 Å². The Labute approximate surface area is 105 Å². The lowest BCUT2D eigenvalue weighted by Crippen LogP contribution is -2.12. The Bertz CT molecular complexity index is 628. The van der Waals surface area contributed by atoms with E-state index in [0.29, 0.717) is 5.82 Å². The number of sulfonamides is 1. The minimum absolute atomic E-state index is 0.116. The third kappa shape index (κ3) is 2.70. The maximum absolute atomic E-state index is 12.0. The molecule has 2 N–H and O–H groups in total. The summed E-state index contributed by atoms with van der Waals surface area (Å²) in [5.74, 6) is 0.294. The minimum Gasteiger partial charge on any atom is -0.280 e. The van der Waals surface area contributed by atoms with Crippen LogP contribution < -0.4 is 4.72 Å². The van der Waals surface area contributed by atoms with Gasteiger partial charge in [0.2, 0.25) is 0 Å². The summed E-state index contributed by atoms with van der Waals surface area (Å²) in [6, 6.07) is 1.69. The lowest BCUT2D eigenvalue weighted by Gasteiger charge is -2.01. The Morgan fingerprint density at radius 1 is 1.50 bits per heavy atom. The topological polar surface area (TPSA) is 92.7 Å². The number of rotatable bonds is 5. The van der Waals surface area contributed by atoms with Crippen molar-refractivity contribution in [3.05, 3.63) is 24.2 Å². The number of anilines is 1. The Balaban J connectivity index is 2.17. The fraction of sp³-hybridized carbons (Fsp3) is 0.400. The highest BCUT2D eigenvalue weighted by atomic mass is 32.2. The van der Waals surface area contributed by atoms with Crippen molar-refractivity contribution in [2.75, 3.05) is 4.72 Å². The number of nitrogens with one attached hydrogen (secondary N) is 2. The second-order valence-electron chi connectivity index (χ2n) is 3.98. The van der Waals surface area contributed by atoms with Crippen LogP contribution in [0.3, 0.4) is 0 Å². The van der Waals surface area contributed by atoms with E-state index >= 15 is 0 Å². The van der Waals surface area contributed by atoms with Crippen LogP contribution in [0.4, 0.5) is 5.82 Å². The van der Waals surface area contributed by atoms with Gasteiger partial charge in [-0.1, -0.05) is 13.3 Å². The maximum Gasteiger partial charge on any atom is 0.266 e. The molecule has 0 saturated carbocycles. The molecule has 2 rings (SSSR count). The number of aromatic nitrogens is 4. The molecule has 0 spiro atoms. The van der Waals surface area contributed by atoms with Gasteiger partial charge in [-0.05, 0) is 6.42 Å². The largest absolute Gasteiger partial charge is 0.280 e. The number of nitrogens with zero attached hydrogens (tertiary/aromatic N) is 3. The molecule has 0 aliphatic heterocycles. The molecule has 0 aliphatic rings. The van der Waals surface area contributed by atoms with Crippen LogP contribution in [0.25, 0.3) is 0 Å². The summed E-state index contributed by atoms with van der Waals surface area (Å²) in [5, 5.41) is 10.5. The third-order valence-electron chi connectivity index (χ3n) is 2.38. The Hall–Kier alpha value is -1.83. The van der Waals surface area contributed by atoms with Gasteiger partial charge < -0.3 is 0 Å². The fourth-order valence-electron chi connectivity index (χ4n) is 1.55. The minimum atomic E-state index is -3.61. The molecule has 8 heteroatoms. The molecule has 18 heavy (non-hydrogen) atoms. The molecule has 0 saturated heterocycles. The van der Waals surface area contributed by atoms with E-state index in [4.69, 9.17) is 0 Å². The molecule has 0 bridgehead atoms. The lowest BCUT2D eigenvalue weighted by atomic mass is 10.2. The van der Waals surface area contributed by atoms with Crippen LogP contribution in [0, 0.1) is 0 Å². The van der Waals surface area contributed by atoms with Crippen LogP contribution in [0.2, 0.25) is 0 Å². The van der Waals surface area contributed by atoms with Gasteiger partial charge in [-0.25, -0.2) is 8.42 Å². The average molecular weight is 269 g/mol. The Kier molecular flexibility index (Phi) is 3.37. The first-order valence-electron chi connectivity index (χ1n) is 5.57. The van der Waals surface area contributed by atoms with E-state index in [1.165, 1.54) is 17.1 Å². The molecule has 0 amide bonds. The zero-order valence-electron chi connectivity index (χ0n) is 10.2. The van der Waals surface area contributed by atoms with E-state index in [1.54, 1.807) is 13.1 Å². The van der Waals surface area contributed by atoms with Crippen LogP contribution >= 0.6 is 0 Å². The number of hydrogen-bond donors (Lipinski definition) is 2. The standard InChI is InChI=1S/C10H15N5O2S/c1-3-4-8-5-10(13-12-8)14-18(16,17)9-6-11-15(2)7-9/h5-7H,3-4H2,1-2H3,(H2,12,13,14). The summed E-state index contributed by atoms with van der Waals surface area (Å²) in [4.78, 5) is 0.116. The normalized spacial score (nSPS) is 11.7. The summed E-state index contributed by atoms with van der Waals surface area (Å²) >= 11 is 0. The van der Waals surface area contributed by atoms with Crippen LogP contribution in [0.15, 0.2) is 23.4 Å². The van der Waals surface area contributed by atoms with Gasteiger partial charge in [0.25, 0.3) is 10.0 Å². The second-order valence-corrected chi connectivity index (χ2v) is 5.67. The van der Waals surface area contributed by atoms with Gasteiger partial charge in [0.15, 0.2) is 5.82 Å². The smallest absolute Gasteiger partial charge is 0.266 e. The number of hydrogen-bond acceptors (Lipinski definition) is 4. The molecular weight excluding hydrogens is 254 g/mol. The summed E-state index contributed by atoms with van der Waals surface area (Å²) < 4.78 is 27.8. The van der Waals surface area contributed by atoms with Gasteiger partial charge in [-0.15, -0.1) is 0 Å². The van der Waals surface area contributed by atoms with Crippen LogP contribution in [0.5, 0.6) is 0 Å². The van der Waals surface area contributed by atoms with E-state index in [-0.39, 0.29) is 4.90 Å². The predicted molar refractivity (Wildman–Crippen MR) is 66.6 cm³/mol. The van der Waals surface area contributed by atoms with E-state index in [2.05, 4.69) is 20.0 Å². The van der Waals surface area contributed by atoms with Crippen molar-refractivity contribution in [1.82, 2.24) is 20.0 Å². The summed E-state index contributed by atoms with van der Waals surface area (Å²) in [6.45, 7) is 2.04. The molecule has 7 nitrogen and oxygen atoms in total. The van der Waals surface area contributed by atoms with E-state index in [9.17, 15) is 8.42 Å². The van der Waals surface area contributed by atoms with Crippen LogP contribution in [-0.2, 0) is 23.5 Å². The van der Waals surface area contributed by atoms with Crippen molar-refractivity contribution in [3.8, 4) is 0 Å². The Morgan fingerprint density at radius 3 is 2.89 bits per heavy atom. The fourth-order valence-corrected chi connectivity index (χ4v) is 2.52. The summed E-state index contributed by atoms with van der Waals surface area (Å²) in [6.07, 6.45) is 4.53. The van der Waals surface area contributed by atoms with Crippen molar-refractivity contribution in [2.24, 2.45) is 7.05 Å². The number of aromatic amines is 1. The van der Waals surface area contributed by atoms with Crippen molar-refractivity contribution >= 4 is 15.8 Å². The van der Waals surface area contributed by atoms with Crippen LogP contribution in [0.1, 0.15) is 19.0 Å². The van der Waals surface area contributed by atoms with Gasteiger partial charge in [0, 0.05) is 25.0 Å². The van der Waals surface area contributed by atoms with Gasteiger partial charge >= 0.3 is 0 Å². The first kappa shape index (κ1) is 12.6. The molecule has 0 unspecified atom stereocenters. The second kappa shape index (κ2) is 4.81. The summed E-state index contributed by atoms with van der Waals surface area (Å²) in [5.41, 5.74) is 0.904. The SMILES string of the molecule is CCCc1cc(NS(=O)(=O)c2cnn(C)c2)n[nH]1. The van der Waals surface area contributed by atoms with Crippen molar-refractivity contribution in [2.45, 2.75) is 24.7 Å². The molecule has 0 radical (unpaired) electrons. The molecule has 0 aliphatic carbocycles. The van der Waals surface area contributed by atoms with Crippen LogP contribution in [-0.4, -0.2) is 28.4 Å². The zero-order chi connectivity index (χ0) is 13.2. The van der Waals surface area contributed by atoms with Gasteiger partial charge in [0.05, 0.1) is 6.20 Å². The van der Waals surface area contributed by atoms with Gasteiger partial charge in [-0.2, -0.15) is 10.2 Å². The molecule has 0 fully saturated rings. The molecule has 0 atom stereocenters. The molecular formula is C10H15N5O2S. The Morgan fingerprint density at radius 2 is 2.28 bits per heavy atom. The molecule has 2 aromatic rings. The molecule has 2 heterocycles. The maximum atomic E-state index is 12.0. The highest BCUT2D eigenvalue weighted by Crippen LogP contribution is 2.14. The molecule has 98 valence electrons. The molecule has 2 aromatic heterocycles. The quantitative estimate of drug-likeness (QED) is 0.843. The first-order chi connectivity index (χ1) is 8.51. The third-order valence-corrected chi connectivity index (χ3v) is 3.69. The van der Waals surface area contributed by atoms with Crippen molar-refractivity contribution in [3.63, 3.8) is 0 Å². The van der Waals surface area contributed by atoms with E-state index in [1.807, 2.05) is 6.92 Å². The highest BCUT2D eigenvalue weighted by Gasteiger charge is 2.17. The highest BCUT2D eigenvalue weighted by molar-refractivity contribution is 7.92. The molecule has 0 aromatic carbocycles. The number of H-pyrrole nitrogens is 1. The van der Waals surface area contributed by atoms with E-state index in [0.717, 1.165) is 18.5 Å². The lowest BCUT2D eigenvalue weighted by molar-refractivity contribution is 0.601.